The summed E-state index contributed by atoms with van der Waals surface area (Å²) in [6, 6.07) is 10.3. The molecule has 0 amide bonds. The Morgan fingerprint density at radius 1 is 1.18 bits per heavy atom. The highest BCUT2D eigenvalue weighted by atomic mass is 15.1. The smallest absolute Gasteiger partial charge is 0.229 e. The van der Waals surface area contributed by atoms with Crippen molar-refractivity contribution in [3.63, 3.8) is 0 Å². The molecule has 1 aliphatic rings. The van der Waals surface area contributed by atoms with E-state index in [9.17, 15) is 0 Å². The van der Waals surface area contributed by atoms with Gasteiger partial charge in [0.05, 0.1) is 5.69 Å². The van der Waals surface area contributed by atoms with Gasteiger partial charge in [-0.05, 0) is 42.7 Å². The molecule has 0 radical (unpaired) electrons. The van der Waals surface area contributed by atoms with Crippen LogP contribution in [0.15, 0.2) is 48.8 Å². The maximum Gasteiger partial charge on any atom is 0.229 e. The Hall–Kier alpha value is -3.41. The lowest BCUT2D eigenvalue weighted by atomic mass is 10.00. The summed E-state index contributed by atoms with van der Waals surface area (Å²) in [4.78, 5) is 13.7. The quantitative estimate of drug-likeness (QED) is 0.604. The molecule has 0 atom stereocenters. The first-order chi connectivity index (χ1) is 13.6. The second-order valence-corrected chi connectivity index (χ2v) is 6.95. The third-order valence-electron chi connectivity index (χ3n) is 4.83. The van der Waals surface area contributed by atoms with Crippen LogP contribution in [0.3, 0.4) is 0 Å². The van der Waals surface area contributed by atoms with Crippen LogP contribution in [0, 0.1) is 6.92 Å². The van der Waals surface area contributed by atoms with Crippen molar-refractivity contribution in [3.05, 3.63) is 65.6 Å². The number of anilines is 4. The van der Waals surface area contributed by atoms with E-state index in [2.05, 4.69) is 63.7 Å². The third kappa shape index (κ3) is 3.53. The van der Waals surface area contributed by atoms with E-state index in [4.69, 9.17) is 4.98 Å². The first kappa shape index (κ1) is 18.0. The summed E-state index contributed by atoms with van der Waals surface area (Å²) in [5.41, 5.74) is 8.43. The number of allylic oxidation sites excluding steroid dienone is 1. The van der Waals surface area contributed by atoms with E-state index >= 15 is 0 Å². The summed E-state index contributed by atoms with van der Waals surface area (Å²) >= 11 is 0. The molecule has 0 saturated heterocycles. The molecule has 142 valence electrons. The van der Waals surface area contributed by atoms with Gasteiger partial charge in [-0.1, -0.05) is 19.6 Å². The number of fused-ring (bicyclic) bond motifs is 1. The molecule has 3 N–H and O–H groups in total. The molecule has 4 rings (SSSR count). The Labute approximate surface area is 165 Å². The van der Waals surface area contributed by atoms with Gasteiger partial charge in [0.2, 0.25) is 5.95 Å². The molecule has 1 aliphatic heterocycles. The summed E-state index contributed by atoms with van der Waals surface area (Å²) in [6.45, 7) is 8.13. The molecular formula is C22H24N6. The number of nitrogens with one attached hydrogen (secondary N) is 3. The average molecular weight is 372 g/mol. The number of aryl methyl sites for hydroxylation is 2. The lowest BCUT2D eigenvalue weighted by Gasteiger charge is -2.13. The van der Waals surface area contributed by atoms with Crippen LogP contribution in [0.1, 0.15) is 23.7 Å². The van der Waals surface area contributed by atoms with Crippen molar-refractivity contribution in [1.29, 1.82) is 0 Å². The van der Waals surface area contributed by atoms with Crippen molar-refractivity contribution in [3.8, 4) is 11.3 Å². The van der Waals surface area contributed by atoms with Crippen LogP contribution in [0.2, 0.25) is 0 Å². The molecule has 6 heteroatoms. The van der Waals surface area contributed by atoms with Crippen LogP contribution >= 0.6 is 0 Å². The van der Waals surface area contributed by atoms with Crippen LogP contribution in [0.4, 0.5) is 23.1 Å². The van der Waals surface area contributed by atoms with Crippen LogP contribution < -0.4 is 16.0 Å². The van der Waals surface area contributed by atoms with Crippen molar-refractivity contribution >= 4 is 23.1 Å². The average Bonchev–Trinajstić information content (AvgIpc) is 3.06. The highest BCUT2D eigenvalue weighted by Gasteiger charge is 2.16. The molecule has 3 heterocycles. The van der Waals surface area contributed by atoms with Gasteiger partial charge in [0, 0.05) is 54.1 Å². The van der Waals surface area contributed by atoms with E-state index < -0.39 is 0 Å². The molecule has 0 bridgehead atoms. The standard InChI is InChI=1S/C22H24N6/c1-5-15-6-7-17(27-22-26-14(3)9-21(23-4)28-22)10-18(15)20-11-19-16(12-24-20)8-13(2)25-19/h6-7,9-12,25H,2,5,8H2,1,3-4H3,(H2,23,26,27,28). The van der Waals surface area contributed by atoms with Crippen molar-refractivity contribution in [2.24, 2.45) is 0 Å². The second kappa shape index (κ2) is 7.31. The molecule has 0 spiro atoms. The fourth-order valence-electron chi connectivity index (χ4n) is 3.44. The van der Waals surface area contributed by atoms with Crippen molar-refractivity contribution in [2.45, 2.75) is 26.7 Å². The Morgan fingerprint density at radius 3 is 2.82 bits per heavy atom. The molecule has 3 aromatic rings. The number of nitrogens with zero attached hydrogens (tertiary/aromatic N) is 3. The van der Waals surface area contributed by atoms with Crippen molar-refractivity contribution in [2.75, 3.05) is 23.0 Å². The van der Waals surface area contributed by atoms with Gasteiger partial charge in [0.15, 0.2) is 0 Å². The van der Waals surface area contributed by atoms with Gasteiger partial charge >= 0.3 is 0 Å². The van der Waals surface area contributed by atoms with Crippen LogP contribution in [0.5, 0.6) is 0 Å². The van der Waals surface area contributed by atoms with Gasteiger partial charge in [-0.15, -0.1) is 0 Å². The zero-order chi connectivity index (χ0) is 19.7. The predicted molar refractivity (Wildman–Crippen MR) is 115 cm³/mol. The largest absolute Gasteiger partial charge is 0.373 e. The molecular weight excluding hydrogens is 348 g/mol. The Balaban J connectivity index is 1.70. The predicted octanol–water partition coefficient (Wildman–Crippen LogP) is 4.68. The minimum absolute atomic E-state index is 0.569. The topological polar surface area (TPSA) is 74.8 Å². The molecule has 0 saturated carbocycles. The second-order valence-electron chi connectivity index (χ2n) is 6.95. The lowest BCUT2D eigenvalue weighted by Crippen LogP contribution is -2.03. The molecule has 2 aromatic heterocycles. The summed E-state index contributed by atoms with van der Waals surface area (Å²) < 4.78 is 0. The number of benzene rings is 1. The summed E-state index contributed by atoms with van der Waals surface area (Å²) in [6.07, 6.45) is 3.71. The first-order valence-corrected chi connectivity index (χ1v) is 9.43. The van der Waals surface area contributed by atoms with Gasteiger partial charge in [0.1, 0.15) is 5.82 Å². The third-order valence-corrected chi connectivity index (χ3v) is 4.83. The maximum absolute atomic E-state index is 4.70. The van der Waals surface area contributed by atoms with Gasteiger partial charge in [-0.3, -0.25) is 4.98 Å². The Morgan fingerprint density at radius 2 is 2.04 bits per heavy atom. The lowest BCUT2D eigenvalue weighted by molar-refractivity contribution is 1.10. The number of rotatable bonds is 5. The first-order valence-electron chi connectivity index (χ1n) is 9.43. The SMILES string of the molecule is C=C1Cc2cnc(-c3cc(Nc4nc(C)cc(NC)n4)ccc3CC)cc2N1. The van der Waals surface area contributed by atoms with Crippen LogP contribution in [0.25, 0.3) is 11.3 Å². The Kier molecular flexibility index (Phi) is 4.69. The molecule has 1 aromatic carbocycles. The van der Waals surface area contributed by atoms with E-state index in [1.807, 2.05) is 26.2 Å². The fraction of sp³-hybridized carbons (Fsp3) is 0.227. The van der Waals surface area contributed by atoms with E-state index in [1.54, 1.807) is 0 Å². The normalized spacial score (nSPS) is 12.5. The fourth-order valence-corrected chi connectivity index (χ4v) is 3.44. The number of hydrogen-bond donors (Lipinski definition) is 3. The summed E-state index contributed by atoms with van der Waals surface area (Å²) in [5.74, 6) is 1.35. The molecule has 0 unspecified atom stereocenters. The van der Waals surface area contributed by atoms with Crippen molar-refractivity contribution < 1.29 is 0 Å². The monoisotopic (exact) mass is 372 g/mol. The van der Waals surface area contributed by atoms with Gasteiger partial charge < -0.3 is 16.0 Å². The maximum atomic E-state index is 4.70. The molecule has 0 fully saturated rings. The van der Waals surface area contributed by atoms with E-state index in [1.165, 1.54) is 11.1 Å². The van der Waals surface area contributed by atoms with E-state index in [-0.39, 0.29) is 0 Å². The minimum Gasteiger partial charge on any atom is -0.373 e. The Bertz CT molecular complexity index is 1060. The summed E-state index contributed by atoms with van der Waals surface area (Å²) in [7, 11) is 1.85. The van der Waals surface area contributed by atoms with Crippen molar-refractivity contribution in [1.82, 2.24) is 15.0 Å². The zero-order valence-electron chi connectivity index (χ0n) is 16.4. The zero-order valence-corrected chi connectivity index (χ0v) is 16.4. The van der Waals surface area contributed by atoms with E-state index in [0.717, 1.165) is 52.7 Å². The van der Waals surface area contributed by atoms with Gasteiger partial charge in [-0.25, -0.2) is 4.98 Å². The number of hydrogen-bond acceptors (Lipinski definition) is 6. The van der Waals surface area contributed by atoms with Crippen LogP contribution in [-0.2, 0) is 12.8 Å². The molecule has 6 nitrogen and oxygen atoms in total. The van der Waals surface area contributed by atoms with Gasteiger partial charge in [0.25, 0.3) is 0 Å². The molecule has 28 heavy (non-hydrogen) atoms. The molecule has 0 aliphatic carbocycles. The number of aromatic nitrogens is 3. The number of pyridine rings is 1. The highest BCUT2D eigenvalue weighted by molar-refractivity contribution is 5.75. The van der Waals surface area contributed by atoms with E-state index in [0.29, 0.717) is 5.95 Å². The highest BCUT2D eigenvalue weighted by Crippen LogP contribution is 2.33. The van der Waals surface area contributed by atoms with Gasteiger partial charge in [-0.2, -0.15) is 4.98 Å². The van der Waals surface area contributed by atoms with Crippen LogP contribution in [-0.4, -0.2) is 22.0 Å². The summed E-state index contributed by atoms with van der Waals surface area (Å²) in [5, 5.41) is 9.72. The minimum atomic E-state index is 0.569.